The smallest absolute Gasteiger partial charge is 0.326 e. The average molecular weight is 347 g/mol. The first-order valence-corrected chi connectivity index (χ1v) is 7.88. The lowest BCUT2D eigenvalue weighted by molar-refractivity contribution is -0.143. The molecular formula is C13H21N3O6S. The van der Waals surface area contributed by atoms with Gasteiger partial charge >= 0.3 is 11.9 Å². The van der Waals surface area contributed by atoms with E-state index in [-0.39, 0.29) is 30.5 Å². The van der Waals surface area contributed by atoms with Gasteiger partial charge in [-0.05, 0) is 25.8 Å². The van der Waals surface area contributed by atoms with Crippen molar-refractivity contribution < 1.29 is 29.4 Å². The van der Waals surface area contributed by atoms with Gasteiger partial charge in [-0.2, -0.15) is 12.6 Å². The fourth-order valence-electron chi connectivity index (χ4n) is 2.17. The summed E-state index contributed by atoms with van der Waals surface area (Å²) in [7, 11) is 0. The Morgan fingerprint density at radius 3 is 2.35 bits per heavy atom. The maximum atomic E-state index is 12.1. The number of carbonyl (C=O) groups excluding carboxylic acids is 2. The number of hydrogen-bond acceptors (Lipinski definition) is 6. The molecule has 0 saturated carbocycles. The molecule has 0 unspecified atom stereocenters. The van der Waals surface area contributed by atoms with Gasteiger partial charge < -0.3 is 26.2 Å². The molecule has 0 radical (unpaired) electrons. The van der Waals surface area contributed by atoms with Crippen molar-refractivity contribution in [3.05, 3.63) is 0 Å². The minimum absolute atomic E-state index is 0.00440. The summed E-state index contributed by atoms with van der Waals surface area (Å²) < 4.78 is 0. The minimum Gasteiger partial charge on any atom is -0.481 e. The molecule has 1 aliphatic rings. The van der Waals surface area contributed by atoms with Crippen molar-refractivity contribution in [1.29, 1.82) is 0 Å². The number of amides is 2. The molecule has 1 rings (SSSR count). The molecule has 0 bridgehead atoms. The van der Waals surface area contributed by atoms with Crippen LogP contribution in [0.4, 0.5) is 0 Å². The van der Waals surface area contributed by atoms with Crippen LogP contribution in [-0.4, -0.2) is 64.4 Å². The molecule has 5 N–H and O–H groups in total. The monoisotopic (exact) mass is 347 g/mol. The second-order valence-corrected chi connectivity index (χ2v) is 5.59. The molecule has 2 amide bonds. The molecule has 3 atom stereocenters. The molecule has 1 aliphatic heterocycles. The molecule has 0 aromatic rings. The zero-order valence-corrected chi connectivity index (χ0v) is 13.3. The van der Waals surface area contributed by atoms with Crippen molar-refractivity contribution >= 4 is 36.4 Å². The van der Waals surface area contributed by atoms with Crippen LogP contribution in [0.2, 0.25) is 0 Å². The summed E-state index contributed by atoms with van der Waals surface area (Å²) in [6, 6.07) is -2.69. The number of aliphatic carboxylic acids is 2. The Kier molecular flexibility index (Phi) is 7.83. The number of nitrogens with one attached hydrogen (secondary N) is 3. The molecule has 0 spiro atoms. The third kappa shape index (κ3) is 6.45. The second kappa shape index (κ2) is 9.36. The first-order chi connectivity index (χ1) is 10.8. The van der Waals surface area contributed by atoms with E-state index in [4.69, 9.17) is 10.2 Å². The Labute approximate surface area is 138 Å². The lowest BCUT2D eigenvalue weighted by Gasteiger charge is -2.21. The zero-order valence-electron chi connectivity index (χ0n) is 12.4. The molecule has 0 aliphatic carbocycles. The summed E-state index contributed by atoms with van der Waals surface area (Å²) >= 11 is 3.99. The SMILES string of the molecule is O=C(O)CC[C@H](NC(=O)[C@H](CS)NC(=O)[C@@H]1CCCN1)C(=O)O. The van der Waals surface area contributed by atoms with Crippen LogP contribution in [0.25, 0.3) is 0 Å². The van der Waals surface area contributed by atoms with E-state index in [2.05, 4.69) is 28.6 Å². The standard InChI is InChI=1S/C13H21N3O6S/c17-10(18)4-3-8(13(21)22)15-12(20)9(6-23)16-11(19)7-2-1-5-14-7/h7-9,14,23H,1-6H2,(H,15,20)(H,16,19)(H,17,18)(H,21,22)/t7-,8-,9-/m0/s1. The average Bonchev–Trinajstić information content (AvgIpc) is 3.02. The van der Waals surface area contributed by atoms with Gasteiger partial charge in [0.05, 0.1) is 6.04 Å². The van der Waals surface area contributed by atoms with Gasteiger partial charge in [-0.15, -0.1) is 0 Å². The number of carboxylic acid groups (broad SMARTS) is 2. The fraction of sp³-hybridized carbons (Fsp3) is 0.692. The third-order valence-corrected chi connectivity index (χ3v) is 3.82. The van der Waals surface area contributed by atoms with E-state index in [0.717, 1.165) is 13.0 Å². The molecule has 23 heavy (non-hydrogen) atoms. The van der Waals surface area contributed by atoms with E-state index >= 15 is 0 Å². The molecule has 1 heterocycles. The second-order valence-electron chi connectivity index (χ2n) is 5.22. The molecule has 130 valence electrons. The van der Waals surface area contributed by atoms with E-state index in [1.165, 1.54) is 0 Å². The quantitative estimate of drug-likeness (QED) is 0.281. The van der Waals surface area contributed by atoms with Crippen LogP contribution in [0.3, 0.4) is 0 Å². The Morgan fingerprint density at radius 1 is 1.17 bits per heavy atom. The summed E-state index contributed by atoms with van der Waals surface area (Å²) in [5, 5.41) is 25.4. The van der Waals surface area contributed by atoms with Crippen LogP contribution >= 0.6 is 12.6 Å². The first kappa shape index (κ1) is 19.2. The molecule has 0 aromatic heterocycles. The molecule has 10 heteroatoms. The lowest BCUT2D eigenvalue weighted by Crippen LogP contribution is -2.55. The number of hydrogen-bond donors (Lipinski definition) is 6. The number of rotatable bonds is 9. The summed E-state index contributed by atoms with van der Waals surface area (Å²) in [6.07, 6.45) is 0.907. The summed E-state index contributed by atoms with van der Waals surface area (Å²) in [6.45, 7) is 0.728. The largest absolute Gasteiger partial charge is 0.481 e. The highest BCUT2D eigenvalue weighted by atomic mass is 32.1. The highest BCUT2D eigenvalue weighted by Crippen LogP contribution is 2.06. The van der Waals surface area contributed by atoms with E-state index in [9.17, 15) is 19.2 Å². The normalized spacial score (nSPS) is 19.6. The van der Waals surface area contributed by atoms with Crippen LogP contribution in [0, 0.1) is 0 Å². The Hall–Kier alpha value is -1.81. The molecule has 1 saturated heterocycles. The molecule has 0 aromatic carbocycles. The van der Waals surface area contributed by atoms with Crippen LogP contribution in [0.5, 0.6) is 0 Å². The van der Waals surface area contributed by atoms with Crippen LogP contribution < -0.4 is 16.0 Å². The van der Waals surface area contributed by atoms with Crippen molar-refractivity contribution in [3.8, 4) is 0 Å². The van der Waals surface area contributed by atoms with Gasteiger partial charge in [-0.25, -0.2) is 4.79 Å². The van der Waals surface area contributed by atoms with Crippen molar-refractivity contribution in [3.63, 3.8) is 0 Å². The maximum Gasteiger partial charge on any atom is 0.326 e. The first-order valence-electron chi connectivity index (χ1n) is 7.24. The van der Waals surface area contributed by atoms with Crippen molar-refractivity contribution in [2.75, 3.05) is 12.3 Å². The van der Waals surface area contributed by atoms with Gasteiger partial charge in [-0.1, -0.05) is 0 Å². The summed E-state index contributed by atoms with van der Waals surface area (Å²) in [4.78, 5) is 45.6. The van der Waals surface area contributed by atoms with Crippen LogP contribution in [0.1, 0.15) is 25.7 Å². The zero-order chi connectivity index (χ0) is 17.4. The minimum atomic E-state index is -1.33. The van der Waals surface area contributed by atoms with Gasteiger partial charge in [0.15, 0.2) is 0 Å². The lowest BCUT2D eigenvalue weighted by atomic mass is 10.1. The van der Waals surface area contributed by atoms with Gasteiger partial charge in [0.25, 0.3) is 0 Å². The predicted octanol–water partition coefficient (Wildman–Crippen LogP) is -1.41. The van der Waals surface area contributed by atoms with Gasteiger partial charge in [0.1, 0.15) is 12.1 Å². The summed E-state index contributed by atoms with van der Waals surface area (Å²) in [5.74, 6) is -3.54. The van der Waals surface area contributed by atoms with E-state index < -0.39 is 29.9 Å². The number of thiol groups is 1. The number of carboxylic acids is 2. The van der Waals surface area contributed by atoms with Gasteiger partial charge in [0, 0.05) is 12.2 Å². The molecule has 9 nitrogen and oxygen atoms in total. The van der Waals surface area contributed by atoms with E-state index in [1.54, 1.807) is 0 Å². The van der Waals surface area contributed by atoms with E-state index in [0.29, 0.717) is 6.42 Å². The number of carbonyl (C=O) groups is 4. The van der Waals surface area contributed by atoms with Crippen molar-refractivity contribution in [2.45, 2.75) is 43.8 Å². The highest BCUT2D eigenvalue weighted by Gasteiger charge is 2.29. The Balaban J connectivity index is 2.57. The van der Waals surface area contributed by atoms with E-state index in [1.807, 2.05) is 0 Å². The summed E-state index contributed by atoms with van der Waals surface area (Å²) in [5.41, 5.74) is 0. The Morgan fingerprint density at radius 2 is 1.87 bits per heavy atom. The van der Waals surface area contributed by atoms with Crippen molar-refractivity contribution in [2.24, 2.45) is 0 Å². The Bertz CT molecular complexity index is 467. The third-order valence-electron chi connectivity index (χ3n) is 3.45. The topological polar surface area (TPSA) is 145 Å². The highest BCUT2D eigenvalue weighted by molar-refractivity contribution is 7.80. The predicted molar refractivity (Wildman–Crippen MR) is 83.2 cm³/mol. The maximum absolute atomic E-state index is 12.1. The molecule has 1 fully saturated rings. The fourth-order valence-corrected chi connectivity index (χ4v) is 2.43. The van der Waals surface area contributed by atoms with Gasteiger partial charge in [-0.3, -0.25) is 14.4 Å². The van der Waals surface area contributed by atoms with Crippen molar-refractivity contribution in [1.82, 2.24) is 16.0 Å². The molecular weight excluding hydrogens is 326 g/mol. The van der Waals surface area contributed by atoms with Crippen LogP contribution in [-0.2, 0) is 19.2 Å². The van der Waals surface area contributed by atoms with Crippen LogP contribution in [0.15, 0.2) is 0 Å². The van der Waals surface area contributed by atoms with Gasteiger partial charge in [0.2, 0.25) is 11.8 Å².